The molecule has 1 unspecified atom stereocenters. The SMILES string of the molecule is CCCC(N)CC(=O)NC1C2CC3CC(C2)CC1C3. The van der Waals surface area contributed by atoms with Crippen molar-refractivity contribution in [2.24, 2.45) is 29.4 Å². The van der Waals surface area contributed by atoms with Gasteiger partial charge in [0.15, 0.2) is 0 Å². The lowest BCUT2D eigenvalue weighted by Gasteiger charge is -2.54. The van der Waals surface area contributed by atoms with E-state index in [0.29, 0.717) is 12.5 Å². The van der Waals surface area contributed by atoms with Crippen LogP contribution >= 0.6 is 0 Å². The fraction of sp³-hybridized carbons (Fsp3) is 0.938. The van der Waals surface area contributed by atoms with E-state index >= 15 is 0 Å². The van der Waals surface area contributed by atoms with Crippen LogP contribution in [0.2, 0.25) is 0 Å². The first kappa shape index (κ1) is 13.4. The van der Waals surface area contributed by atoms with Gasteiger partial charge >= 0.3 is 0 Å². The van der Waals surface area contributed by atoms with Crippen molar-refractivity contribution in [3.63, 3.8) is 0 Å². The monoisotopic (exact) mass is 264 g/mol. The smallest absolute Gasteiger partial charge is 0.221 e. The number of hydrogen-bond acceptors (Lipinski definition) is 2. The van der Waals surface area contributed by atoms with E-state index in [1.54, 1.807) is 0 Å². The van der Waals surface area contributed by atoms with E-state index < -0.39 is 0 Å². The van der Waals surface area contributed by atoms with Gasteiger partial charge < -0.3 is 11.1 Å². The molecule has 0 spiro atoms. The molecular formula is C16H28N2O. The zero-order chi connectivity index (χ0) is 13.4. The zero-order valence-electron chi connectivity index (χ0n) is 12.1. The van der Waals surface area contributed by atoms with Gasteiger partial charge in [-0.05, 0) is 62.2 Å². The van der Waals surface area contributed by atoms with Crippen LogP contribution in [-0.4, -0.2) is 18.0 Å². The summed E-state index contributed by atoms with van der Waals surface area (Å²) in [5, 5.41) is 3.33. The summed E-state index contributed by atoms with van der Waals surface area (Å²) >= 11 is 0. The molecule has 4 fully saturated rings. The van der Waals surface area contributed by atoms with Crippen LogP contribution < -0.4 is 11.1 Å². The van der Waals surface area contributed by atoms with E-state index in [4.69, 9.17) is 5.73 Å². The van der Waals surface area contributed by atoms with Crippen molar-refractivity contribution in [2.45, 2.75) is 70.4 Å². The van der Waals surface area contributed by atoms with E-state index in [1.807, 2.05) is 0 Å². The number of amides is 1. The fourth-order valence-electron chi connectivity index (χ4n) is 5.12. The van der Waals surface area contributed by atoms with Crippen molar-refractivity contribution in [1.29, 1.82) is 0 Å². The maximum atomic E-state index is 12.1. The zero-order valence-corrected chi connectivity index (χ0v) is 12.1. The Kier molecular flexibility index (Phi) is 3.84. The van der Waals surface area contributed by atoms with Crippen LogP contribution in [0, 0.1) is 23.7 Å². The highest BCUT2D eigenvalue weighted by Gasteiger charge is 2.48. The van der Waals surface area contributed by atoms with Gasteiger partial charge in [0.25, 0.3) is 0 Å². The van der Waals surface area contributed by atoms with Gasteiger partial charge in [0, 0.05) is 18.5 Å². The maximum absolute atomic E-state index is 12.1. The van der Waals surface area contributed by atoms with Gasteiger partial charge in [0.05, 0.1) is 0 Å². The van der Waals surface area contributed by atoms with Gasteiger partial charge in [0.1, 0.15) is 0 Å². The topological polar surface area (TPSA) is 55.1 Å². The highest BCUT2D eigenvalue weighted by atomic mass is 16.1. The predicted molar refractivity (Wildman–Crippen MR) is 76.5 cm³/mol. The molecule has 4 saturated carbocycles. The summed E-state index contributed by atoms with van der Waals surface area (Å²) in [5.41, 5.74) is 5.97. The van der Waals surface area contributed by atoms with Gasteiger partial charge in [-0.1, -0.05) is 13.3 Å². The summed E-state index contributed by atoms with van der Waals surface area (Å²) in [6, 6.07) is 0.510. The molecule has 0 radical (unpaired) electrons. The highest BCUT2D eigenvalue weighted by molar-refractivity contribution is 5.77. The number of hydrogen-bond donors (Lipinski definition) is 2. The van der Waals surface area contributed by atoms with Gasteiger partial charge in [-0.25, -0.2) is 0 Å². The second-order valence-corrected chi connectivity index (χ2v) is 7.28. The van der Waals surface area contributed by atoms with Crippen LogP contribution in [0.25, 0.3) is 0 Å². The Morgan fingerprint density at radius 2 is 1.74 bits per heavy atom. The maximum Gasteiger partial charge on any atom is 0.221 e. The summed E-state index contributed by atoms with van der Waals surface area (Å²) in [6.07, 6.45) is 9.43. The lowest BCUT2D eigenvalue weighted by molar-refractivity contribution is -0.125. The molecule has 0 heterocycles. The van der Waals surface area contributed by atoms with Gasteiger partial charge in [-0.15, -0.1) is 0 Å². The first-order valence-electron chi connectivity index (χ1n) is 8.20. The molecule has 0 aromatic heterocycles. The van der Waals surface area contributed by atoms with Crippen LogP contribution in [-0.2, 0) is 4.79 Å². The third-order valence-corrected chi connectivity index (χ3v) is 5.66. The normalized spacial score (nSPS) is 41.3. The molecule has 108 valence electrons. The molecule has 19 heavy (non-hydrogen) atoms. The largest absolute Gasteiger partial charge is 0.353 e. The Morgan fingerprint density at radius 3 is 2.26 bits per heavy atom. The predicted octanol–water partition coefficient (Wildman–Crippen LogP) is 2.44. The molecule has 4 bridgehead atoms. The summed E-state index contributed by atoms with van der Waals surface area (Å²) in [6.45, 7) is 2.12. The molecule has 1 amide bonds. The van der Waals surface area contributed by atoms with Gasteiger partial charge in [-0.2, -0.15) is 0 Å². The second-order valence-electron chi connectivity index (χ2n) is 7.28. The van der Waals surface area contributed by atoms with Crippen molar-refractivity contribution < 1.29 is 4.79 Å². The minimum atomic E-state index is 0.0434. The Morgan fingerprint density at radius 1 is 1.16 bits per heavy atom. The summed E-state index contributed by atoms with van der Waals surface area (Å²) in [7, 11) is 0. The van der Waals surface area contributed by atoms with Gasteiger partial charge in [0.2, 0.25) is 5.91 Å². The standard InChI is InChI=1S/C16H28N2O/c1-2-3-14(17)9-15(19)18-16-12-5-10-4-11(7-12)8-13(16)6-10/h10-14,16H,2-9,17H2,1H3,(H,18,19). The highest BCUT2D eigenvalue weighted by Crippen LogP contribution is 2.53. The van der Waals surface area contributed by atoms with Crippen molar-refractivity contribution in [1.82, 2.24) is 5.32 Å². The third kappa shape index (κ3) is 2.81. The minimum absolute atomic E-state index is 0.0434. The van der Waals surface area contributed by atoms with Crippen LogP contribution in [0.5, 0.6) is 0 Å². The molecule has 0 aliphatic heterocycles. The van der Waals surface area contributed by atoms with E-state index in [-0.39, 0.29) is 11.9 Å². The average Bonchev–Trinajstić information content (AvgIpc) is 2.33. The van der Waals surface area contributed by atoms with Crippen molar-refractivity contribution in [2.75, 3.05) is 0 Å². The molecule has 4 aliphatic rings. The molecule has 1 atom stereocenters. The number of carbonyl (C=O) groups is 1. The summed E-state index contributed by atoms with van der Waals surface area (Å²) in [5.74, 6) is 3.67. The lowest BCUT2D eigenvalue weighted by atomic mass is 9.54. The number of carbonyl (C=O) groups excluding carboxylic acids is 1. The third-order valence-electron chi connectivity index (χ3n) is 5.66. The molecule has 0 aromatic rings. The Labute approximate surface area is 116 Å². The molecular weight excluding hydrogens is 236 g/mol. The number of nitrogens with two attached hydrogens (primary N) is 1. The van der Waals surface area contributed by atoms with Crippen LogP contribution in [0.15, 0.2) is 0 Å². The van der Waals surface area contributed by atoms with E-state index in [0.717, 1.165) is 36.5 Å². The number of rotatable bonds is 5. The molecule has 4 rings (SSSR count). The molecule has 0 aromatic carbocycles. The average molecular weight is 264 g/mol. The summed E-state index contributed by atoms with van der Waals surface area (Å²) < 4.78 is 0. The van der Waals surface area contributed by atoms with Crippen LogP contribution in [0.4, 0.5) is 0 Å². The van der Waals surface area contributed by atoms with Gasteiger partial charge in [-0.3, -0.25) is 4.79 Å². The Balaban J connectivity index is 1.54. The number of nitrogens with one attached hydrogen (secondary N) is 1. The molecule has 0 saturated heterocycles. The Hall–Kier alpha value is -0.570. The molecule has 3 nitrogen and oxygen atoms in total. The fourth-order valence-corrected chi connectivity index (χ4v) is 5.12. The van der Waals surface area contributed by atoms with Crippen molar-refractivity contribution >= 4 is 5.91 Å². The quantitative estimate of drug-likeness (QED) is 0.801. The molecule has 4 aliphatic carbocycles. The van der Waals surface area contributed by atoms with Crippen LogP contribution in [0.3, 0.4) is 0 Å². The first-order chi connectivity index (χ1) is 9.15. The van der Waals surface area contributed by atoms with E-state index in [1.165, 1.54) is 32.1 Å². The van der Waals surface area contributed by atoms with Crippen molar-refractivity contribution in [3.05, 3.63) is 0 Å². The molecule has 3 N–H and O–H groups in total. The summed E-state index contributed by atoms with van der Waals surface area (Å²) in [4.78, 5) is 12.1. The minimum Gasteiger partial charge on any atom is -0.353 e. The molecule has 3 heteroatoms. The second kappa shape index (κ2) is 5.43. The van der Waals surface area contributed by atoms with E-state index in [2.05, 4.69) is 12.2 Å². The van der Waals surface area contributed by atoms with Crippen LogP contribution in [0.1, 0.15) is 58.3 Å². The Bertz CT molecular complexity index is 314. The first-order valence-corrected chi connectivity index (χ1v) is 8.20. The van der Waals surface area contributed by atoms with Crippen molar-refractivity contribution in [3.8, 4) is 0 Å². The lowest BCUT2D eigenvalue weighted by Crippen LogP contribution is -2.56. The van der Waals surface area contributed by atoms with E-state index in [9.17, 15) is 4.79 Å².